The number of thiazole rings is 1. The molecule has 0 unspecified atom stereocenters. The van der Waals surface area contributed by atoms with Gasteiger partial charge in [-0.05, 0) is 17.7 Å². The zero-order valence-electron chi connectivity index (χ0n) is 16.7. The van der Waals surface area contributed by atoms with Crippen molar-refractivity contribution in [2.75, 3.05) is 17.7 Å². The van der Waals surface area contributed by atoms with Gasteiger partial charge in [-0.2, -0.15) is 0 Å². The molecule has 4 atom stereocenters. The van der Waals surface area contributed by atoms with Crippen LogP contribution in [0.3, 0.4) is 0 Å². The van der Waals surface area contributed by atoms with Crippen molar-refractivity contribution in [2.45, 2.75) is 31.1 Å². The number of nitrogens with one attached hydrogen (secondary N) is 1. The highest BCUT2D eigenvalue weighted by Gasteiger charge is 2.44. The van der Waals surface area contributed by atoms with Crippen molar-refractivity contribution < 1.29 is 20.1 Å². The van der Waals surface area contributed by atoms with Crippen LogP contribution in [-0.2, 0) is 11.3 Å². The molecule has 1 aromatic carbocycles. The molecule has 0 spiro atoms. The third-order valence-corrected chi connectivity index (χ3v) is 6.23. The number of nitrogens with zero attached hydrogens (tertiary/aromatic N) is 5. The number of hydrogen-bond acceptors (Lipinski definition) is 11. The number of imidazole rings is 1. The normalized spacial score (nSPS) is 23.1. The quantitative estimate of drug-likeness (QED) is 0.262. The summed E-state index contributed by atoms with van der Waals surface area (Å²) in [6.45, 7) is 0.0627. The minimum absolute atomic E-state index is 0.408. The highest BCUT2D eigenvalue weighted by atomic mass is 32.1. The van der Waals surface area contributed by atoms with Gasteiger partial charge in [-0.15, -0.1) is 11.3 Å². The molecular formula is C20H21N7O4S. The van der Waals surface area contributed by atoms with E-state index in [9.17, 15) is 15.3 Å². The van der Waals surface area contributed by atoms with Crippen molar-refractivity contribution in [1.82, 2.24) is 24.5 Å². The highest BCUT2D eigenvalue weighted by Crippen LogP contribution is 2.33. The molecule has 12 heteroatoms. The first kappa shape index (κ1) is 20.7. The monoisotopic (exact) mass is 455 g/mol. The lowest BCUT2D eigenvalue weighted by Crippen LogP contribution is -2.33. The number of anilines is 2. The van der Waals surface area contributed by atoms with Crippen molar-refractivity contribution in [3.8, 4) is 10.4 Å². The summed E-state index contributed by atoms with van der Waals surface area (Å²) in [6, 6.07) is 5.80. The van der Waals surface area contributed by atoms with Gasteiger partial charge in [0.1, 0.15) is 24.6 Å². The molecule has 1 aliphatic rings. The van der Waals surface area contributed by atoms with Crippen molar-refractivity contribution >= 4 is 34.0 Å². The fraction of sp³-hybridized carbons (Fsp3) is 0.300. The van der Waals surface area contributed by atoms with Crippen LogP contribution in [0.15, 0.2) is 42.6 Å². The molecule has 0 bridgehead atoms. The average molecular weight is 456 g/mol. The summed E-state index contributed by atoms with van der Waals surface area (Å²) in [6.07, 6.45) is 0.396. The van der Waals surface area contributed by atoms with Crippen LogP contribution >= 0.6 is 11.3 Å². The van der Waals surface area contributed by atoms with E-state index < -0.39 is 31.1 Å². The minimum atomic E-state index is -1.23. The van der Waals surface area contributed by atoms with Gasteiger partial charge in [0.15, 0.2) is 23.2 Å². The molecule has 11 nitrogen and oxygen atoms in total. The predicted molar refractivity (Wildman–Crippen MR) is 118 cm³/mol. The van der Waals surface area contributed by atoms with Gasteiger partial charge in [-0.3, -0.25) is 9.55 Å². The van der Waals surface area contributed by atoms with E-state index in [0.717, 1.165) is 16.0 Å². The molecule has 3 aromatic heterocycles. The number of aromatic nitrogens is 5. The summed E-state index contributed by atoms with van der Waals surface area (Å²) < 4.78 is 7.12. The van der Waals surface area contributed by atoms with Gasteiger partial charge < -0.3 is 31.1 Å². The van der Waals surface area contributed by atoms with Gasteiger partial charge >= 0.3 is 0 Å². The Balaban J connectivity index is 1.39. The maximum atomic E-state index is 10.3. The van der Waals surface area contributed by atoms with Gasteiger partial charge in [0.2, 0.25) is 0 Å². The Bertz CT molecular complexity index is 1230. The summed E-state index contributed by atoms with van der Waals surface area (Å²) in [5.74, 6) is 0.511. The topological polar surface area (TPSA) is 164 Å². The lowest BCUT2D eigenvalue weighted by atomic mass is 10.1. The van der Waals surface area contributed by atoms with E-state index in [1.54, 1.807) is 11.7 Å². The molecule has 1 saturated heterocycles. The molecule has 32 heavy (non-hydrogen) atoms. The Morgan fingerprint density at radius 3 is 2.81 bits per heavy atom. The zero-order valence-corrected chi connectivity index (χ0v) is 17.6. The Morgan fingerprint density at radius 1 is 1.19 bits per heavy atom. The van der Waals surface area contributed by atoms with Crippen LogP contribution in [-0.4, -0.2) is 64.7 Å². The van der Waals surface area contributed by atoms with E-state index in [-0.39, 0.29) is 0 Å². The Kier molecular flexibility index (Phi) is 5.45. The maximum Gasteiger partial charge on any atom is 0.167 e. The molecule has 5 rings (SSSR count). The molecule has 0 saturated carbocycles. The molecule has 0 amide bonds. The predicted octanol–water partition coefficient (Wildman–Crippen LogP) is 0.756. The van der Waals surface area contributed by atoms with E-state index in [4.69, 9.17) is 10.5 Å². The van der Waals surface area contributed by atoms with Crippen molar-refractivity contribution in [1.29, 1.82) is 0 Å². The van der Waals surface area contributed by atoms with Crippen molar-refractivity contribution in [3.05, 3.63) is 48.1 Å². The van der Waals surface area contributed by atoms with E-state index in [1.807, 2.05) is 18.2 Å². The molecule has 4 heterocycles. The number of hydrogen-bond donors (Lipinski definition) is 5. The Morgan fingerprint density at radius 2 is 2.06 bits per heavy atom. The van der Waals surface area contributed by atoms with Crippen LogP contribution in [0, 0.1) is 0 Å². The molecule has 4 aromatic rings. The third kappa shape index (κ3) is 3.57. The number of aliphatic hydroxyl groups is 3. The van der Waals surface area contributed by atoms with Crippen LogP contribution in [0.1, 0.15) is 11.8 Å². The first-order valence-corrected chi connectivity index (χ1v) is 10.8. The Labute approximate surface area is 186 Å². The second-order valence-corrected chi connectivity index (χ2v) is 8.30. The second-order valence-electron chi connectivity index (χ2n) is 7.42. The van der Waals surface area contributed by atoms with Crippen molar-refractivity contribution in [2.24, 2.45) is 0 Å². The molecule has 166 valence electrons. The van der Waals surface area contributed by atoms with Gasteiger partial charge in [-0.1, -0.05) is 6.07 Å². The fourth-order valence-corrected chi connectivity index (χ4v) is 4.40. The van der Waals surface area contributed by atoms with Gasteiger partial charge in [0, 0.05) is 24.0 Å². The number of rotatable bonds is 6. The summed E-state index contributed by atoms with van der Waals surface area (Å²) >= 11 is 1.52. The van der Waals surface area contributed by atoms with Gasteiger partial charge in [0.25, 0.3) is 0 Å². The number of nitrogens with two attached hydrogens (primary N) is 1. The number of aliphatic hydroxyl groups excluding tert-OH is 3. The standard InChI is InChI=1S/C20H21N7O4S/c21-12-2-1-10(3-11(12)14-5-22-9-32-14)4-23-18-15-19(25-7-24-18)27(8-26-15)20-17(30)16(29)13(6-28)31-20/h1-3,5,7-9,13,16-17,20,28-30H,4,6,21H2,(H,23,24,25)/t13-,16-,17-,20-/m1/s1. The average Bonchev–Trinajstić information content (AvgIpc) is 3.54. The summed E-state index contributed by atoms with van der Waals surface area (Å²) in [5, 5.41) is 33.0. The summed E-state index contributed by atoms with van der Waals surface area (Å²) in [5.41, 5.74) is 11.4. The maximum absolute atomic E-state index is 10.3. The SMILES string of the molecule is Nc1ccc(CNc2ncnc3c2ncn3[C@@H]2O[C@H](CO)[C@@H](O)[C@H]2O)cc1-c1cncs1. The Hall–Kier alpha value is -3.16. The van der Waals surface area contributed by atoms with Crippen molar-refractivity contribution in [3.63, 3.8) is 0 Å². The molecule has 1 fully saturated rings. The first-order chi connectivity index (χ1) is 15.6. The van der Waals surface area contributed by atoms with Crippen LogP contribution in [0.2, 0.25) is 0 Å². The van der Waals surface area contributed by atoms with Crippen LogP contribution < -0.4 is 11.1 Å². The van der Waals surface area contributed by atoms with Gasteiger partial charge in [0.05, 0.1) is 23.3 Å². The lowest BCUT2D eigenvalue weighted by molar-refractivity contribution is -0.0511. The molecule has 0 radical (unpaired) electrons. The highest BCUT2D eigenvalue weighted by molar-refractivity contribution is 7.13. The summed E-state index contributed by atoms with van der Waals surface area (Å²) in [4.78, 5) is 18.0. The molecular weight excluding hydrogens is 434 g/mol. The molecule has 0 aliphatic carbocycles. The van der Waals surface area contributed by atoms with E-state index in [2.05, 4.69) is 25.3 Å². The second kappa shape index (κ2) is 8.41. The zero-order chi connectivity index (χ0) is 22.2. The van der Waals surface area contributed by atoms with Crippen LogP contribution in [0.25, 0.3) is 21.6 Å². The molecule has 1 aliphatic heterocycles. The van der Waals surface area contributed by atoms with E-state index in [0.29, 0.717) is 29.2 Å². The number of benzene rings is 1. The van der Waals surface area contributed by atoms with E-state index in [1.165, 1.54) is 28.6 Å². The number of fused-ring (bicyclic) bond motifs is 1. The van der Waals surface area contributed by atoms with Crippen LogP contribution in [0.5, 0.6) is 0 Å². The first-order valence-electron chi connectivity index (χ1n) is 9.88. The van der Waals surface area contributed by atoms with Gasteiger partial charge in [-0.25, -0.2) is 15.0 Å². The number of nitrogen functional groups attached to an aromatic ring is 1. The van der Waals surface area contributed by atoms with Crippen LogP contribution in [0.4, 0.5) is 11.5 Å². The van der Waals surface area contributed by atoms with E-state index >= 15 is 0 Å². The summed E-state index contributed by atoms with van der Waals surface area (Å²) in [7, 11) is 0. The lowest BCUT2D eigenvalue weighted by Gasteiger charge is -2.16. The minimum Gasteiger partial charge on any atom is -0.398 e. The smallest absolute Gasteiger partial charge is 0.167 e. The third-order valence-electron chi connectivity index (χ3n) is 5.43. The largest absolute Gasteiger partial charge is 0.398 e. The fourth-order valence-electron chi connectivity index (χ4n) is 3.74. The number of ether oxygens (including phenoxy) is 1. The molecule has 6 N–H and O–H groups in total.